The van der Waals surface area contributed by atoms with Crippen LogP contribution >= 0.6 is 0 Å². The molecular weight excluding hydrogens is 172 g/mol. The molecule has 0 saturated heterocycles. The molecule has 0 unspecified atom stereocenters. The molecule has 0 amide bonds. The minimum atomic E-state index is 0.299. The maximum Gasteiger partial charge on any atom is 0.105 e. The summed E-state index contributed by atoms with van der Waals surface area (Å²) in [6, 6.07) is 0. The Labute approximate surface area is 87.2 Å². The average Bonchev–Trinajstić information content (AvgIpc) is 2.31. The summed E-state index contributed by atoms with van der Waals surface area (Å²) in [5.41, 5.74) is 4.49. The van der Waals surface area contributed by atoms with Gasteiger partial charge in [-0.1, -0.05) is 32.1 Å². The number of hydrogen-bond acceptors (Lipinski definition) is 1. The Morgan fingerprint density at radius 1 is 1.43 bits per heavy atom. The highest BCUT2D eigenvalue weighted by Crippen LogP contribution is 2.44. The fourth-order valence-electron chi connectivity index (χ4n) is 1.84. The molecule has 0 aliphatic heterocycles. The minimum Gasteiger partial charge on any atom is -0.497 e. The Morgan fingerprint density at radius 2 is 2.07 bits per heavy atom. The number of allylic oxidation sites excluding steroid dienone is 3. The van der Waals surface area contributed by atoms with E-state index in [0.717, 1.165) is 6.42 Å². The van der Waals surface area contributed by atoms with E-state index < -0.39 is 0 Å². The molecule has 0 aromatic carbocycles. The van der Waals surface area contributed by atoms with Crippen molar-refractivity contribution < 1.29 is 4.74 Å². The molecule has 0 saturated carbocycles. The van der Waals surface area contributed by atoms with Crippen molar-refractivity contribution in [1.82, 2.24) is 0 Å². The summed E-state index contributed by atoms with van der Waals surface area (Å²) >= 11 is 0. The van der Waals surface area contributed by atoms with Crippen molar-refractivity contribution in [3.63, 3.8) is 0 Å². The van der Waals surface area contributed by atoms with E-state index in [0.29, 0.717) is 12.0 Å². The van der Waals surface area contributed by atoms with E-state index in [-0.39, 0.29) is 0 Å². The van der Waals surface area contributed by atoms with Crippen LogP contribution in [-0.4, -0.2) is 6.61 Å². The largest absolute Gasteiger partial charge is 0.497 e. The fourth-order valence-corrected chi connectivity index (χ4v) is 1.84. The van der Waals surface area contributed by atoms with Gasteiger partial charge in [0.25, 0.3) is 0 Å². The zero-order valence-corrected chi connectivity index (χ0v) is 9.68. The predicted molar refractivity (Wildman–Crippen MR) is 61.0 cm³/mol. The lowest BCUT2D eigenvalue weighted by atomic mass is 9.86. The molecule has 0 aromatic heterocycles. The molecule has 0 aromatic rings. The lowest BCUT2D eigenvalue weighted by Gasteiger charge is -2.18. The van der Waals surface area contributed by atoms with Gasteiger partial charge in [-0.15, -0.1) is 0 Å². The maximum absolute atomic E-state index is 5.36. The molecule has 1 nitrogen and oxygen atoms in total. The Morgan fingerprint density at radius 3 is 2.50 bits per heavy atom. The second-order valence-corrected chi connectivity index (χ2v) is 4.58. The summed E-state index contributed by atoms with van der Waals surface area (Å²) in [6.07, 6.45) is 4.74. The minimum absolute atomic E-state index is 0.299. The second-order valence-electron chi connectivity index (χ2n) is 4.58. The Hall–Kier alpha value is -0.980. The van der Waals surface area contributed by atoms with Crippen molar-refractivity contribution in [2.45, 2.75) is 34.1 Å². The highest BCUT2D eigenvalue weighted by molar-refractivity contribution is 5.42. The third kappa shape index (κ3) is 2.09. The van der Waals surface area contributed by atoms with Gasteiger partial charge in [-0.3, -0.25) is 0 Å². The number of rotatable bonds is 3. The molecule has 78 valence electrons. The van der Waals surface area contributed by atoms with Gasteiger partial charge in [0.2, 0.25) is 0 Å². The van der Waals surface area contributed by atoms with Gasteiger partial charge >= 0.3 is 0 Å². The molecule has 1 heteroatoms. The maximum atomic E-state index is 5.36. The lowest BCUT2D eigenvalue weighted by Crippen LogP contribution is -2.07. The summed E-state index contributed by atoms with van der Waals surface area (Å²) in [6.45, 7) is 13.2. The van der Waals surface area contributed by atoms with Crippen LogP contribution in [0.2, 0.25) is 0 Å². The van der Waals surface area contributed by atoms with E-state index in [1.165, 1.54) is 16.7 Å². The van der Waals surface area contributed by atoms with Crippen LogP contribution in [0.4, 0.5) is 0 Å². The zero-order valence-electron chi connectivity index (χ0n) is 9.68. The smallest absolute Gasteiger partial charge is 0.105 e. The van der Waals surface area contributed by atoms with Gasteiger partial charge in [0.1, 0.15) is 6.61 Å². The van der Waals surface area contributed by atoms with Crippen molar-refractivity contribution in [2.75, 3.05) is 6.61 Å². The fraction of sp³-hybridized carbons (Fsp3) is 0.538. The highest BCUT2D eigenvalue weighted by Gasteiger charge is 2.30. The molecule has 0 radical (unpaired) electrons. The summed E-state index contributed by atoms with van der Waals surface area (Å²) in [7, 11) is 0. The molecule has 1 rings (SSSR count). The summed E-state index contributed by atoms with van der Waals surface area (Å²) < 4.78 is 5.36. The average molecular weight is 192 g/mol. The van der Waals surface area contributed by atoms with Gasteiger partial charge in [-0.25, -0.2) is 0 Å². The SMILES string of the molecule is C=CCOC=C1CC(C)(C)C(C)=C1C. The first-order valence-corrected chi connectivity index (χ1v) is 5.09. The van der Waals surface area contributed by atoms with Gasteiger partial charge in [0.15, 0.2) is 0 Å². The molecule has 0 fully saturated rings. The molecule has 14 heavy (non-hydrogen) atoms. The number of hydrogen-bond donors (Lipinski definition) is 0. The van der Waals surface area contributed by atoms with Crippen LogP contribution in [-0.2, 0) is 4.74 Å². The molecule has 0 N–H and O–H groups in total. The first-order valence-electron chi connectivity index (χ1n) is 5.09. The molecule has 1 aliphatic rings. The molecule has 0 heterocycles. The molecule has 0 bridgehead atoms. The quantitative estimate of drug-likeness (QED) is 0.375. The molecule has 0 atom stereocenters. The van der Waals surface area contributed by atoms with Gasteiger partial charge < -0.3 is 4.74 Å². The monoisotopic (exact) mass is 192 g/mol. The third-order valence-electron chi connectivity index (χ3n) is 3.13. The van der Waals surface area contributed by atoms with E-state index in [9.17, 15) is 0 Å². The van der Waals surface area contributed by atoms with Crippen molar-refractivity contribution in [3.8, 4) is 0 Å². The van der Waals surface area contributed by atoms with E-state index in [1.54, 1.807) is 6.08 Å². The van der Waals surface area contributed by atoms with E-state index in [1.807, 2.05) is 6.26 Å². The second kappa shape index (κ2) is 4.04. The molecule has 1 aliphatic carbocycles. The van der Waals surface area contributed by atoms with Gasteiger partial charge in [0.05, 0.1) is 6.26 Å². The zero-order chi connectivity index (χ0) is 10.8. The van der Waals surface area contributed by atoms with Gasteiger partial charge in [-0.05, 0) is 36.8 Å². The standard InChI is InChI=1S/C13H20O/c1-6-7-14-9-12-8-13(4,5)11(3)10(12)2/h6,9H,1,7-8H2,2-5H3. The van der Waals surface area contributed by atoms with Crippen LogP contribution in [0.25, 0.3) is 0 Å². The van der Waals surface area contributed by atoms with Crippen LogP contribution in [0.3, 0.4) is 0 Å². The van der Waals surface area contributed by atoms with Crippen molar-refractivity contribution >= 4 is 0 Å². The van der Waals surface area contributed by atoms with Gasteiger partial charge in [-0.2, -0.15) is 0 Å². The molecular formula is C13H20O. The van der Waals surface area contributed by atoms with Crippen LogP contribution in [0, 0.1) is 5.41 Å². The lowest BCUT2D eigenvalue weighted by molar-refractivity contribution is 0.284. The van der Waals surface area contributed by atoms with Crippen molar-refractivity contribution in [2.24, 2.45) is 5.41 Å². The van der Waals surface area contributed by atoms with E-state index in [2.05, 4.69) is 34.3 Å². The topological polar surface area (TPSA) is 9.23 Å². The van der Waals surface area contributed by atoms with Crippen LogP contribution in [0.5, 0.6) is 0 Å². The predicted octanol–water partition coefficient (Wildman–Crippen LogP) is 3.84. The van der Waals surface area contributed by atoms with Crippen LogP contribution in [0.15, 0.2) is 35.6 Å². The Balaban J connectivity index is 2.77. The normalized spacial score (nSPS) is 23.0. The van der Waals surface area contributed by atoms with Crippen LogP contribution in [0.1, 0.15) is 34.1 Å². The highest BCUT2D eigenvalue weighted by atomic mass is 16.5. The van der Waals surface area contributed by atoms with E-state index in [4.69, 9.17) is 4.74 Å². The van der Waals surface area contributed by atoms with Gasteiger partial charge in [0, 0.05) is 0 Å². The van der Waals surface area contributed by atoms with Crippen molar-refractivity contribution in [3.05, 3.63) is 35.6 Å². The Kier molecular flexibility index (Phi) is 3.20. The molecule has 0 spiro atoms. The van der Waals surface area contributed by atoms with Crippen LogP contribution < -0.4 is 0 Å². The first-order chi connectivity index (χ1) is 6.49. The summed E-state index contributed by atoms with van der Waals surface area (Å²) in [4.78, 5) is 0. The first kappa shape index (κ1) is 11.1. The third-order valence-corrected chi connectivity index (χ3v) is 3.13. The van der Waals surface area contributed by atoms with Crippen molar-refractivity contribution in [1.29, 1.82) is 0 Å². The van der Waals surface area contributed by atoms with E-state index >= 15 is 0 Å². The Bertz CT molecular complexity index is 292. The summed E-state index contributed by atoms with van der Waals surface area (Å²) in [5.74, 6) is 0. The number of ether oxygens (including phenoxy) is 1. The summed E-state index contributed by atoms with van der Waals surface area (Å²) in [5, 5.41) is 0.